The zero-order chi connectivity index (χ0) is 29.5. The van der Waals surface area contributed by atoms with E-state index in [1.54, 1.807) is 12.1 Å². The number of benzene rings is 4. The summed E-state index contributed by atoms with van der Waals surface area (Å²) in [5, 5.41) is 3.65. The van der Waals surface area contributed by atoms with Gasteiger partial charge < -0.3 is 14.6 Å². The quantitative estimate of drug-likeness (QED) is 0.108. The zero-order valence-electron chi connectivity index (χ0n) is 23.2. The van der Waals surface area contributed by atoms with Crippen LogP contribution in [0.3, 0.4) is 0 Å². The van der Waals surface area contributed by atoms with Crippen LogP contribution >= 0.6 is 47.8 Å². The zero-order valence-corrected chi connectivity index (χ0v) is 28.0. The highest BCUT2D eigenvalue weighted by Crippen LogP contribution is 2.45. The van der Waals surface area contributed by atoms with Crippen molar-refractivity contribution in [3.8, 4) is 0 Å². The Hall–Kier alpha value is -2.68. The first-order valence-corrected chi connectivity index (χ1v) is 15.9. The standard InChI is InChI=1S/C33H28Br3NO4/c1-13(2)18-7-16(8-19(14(3)4)30(18)37)15(5)6-17-9-26-20(10-23(17)34)28-24(35)11-21-27-22(33(39)41-32(21)38)12-25(36)31(40-26)29(27)28/h7-15H,6,37H2,1-5H3. The first kappa shape index (κ1) is 28.4. The Morgan fingerprint density at radius 3 is 1.83 bits per heavy atom. The lowest BCUT2D eigenvalue weighted by molar-refractivity contribution is 0.488. The summed E-state index contributed by atoms with van der Waals surface area (Å²) in [5.41, 5.74) is 12.2. The van der Waals surface area contributed by atoms with Crippen LogP contribution in [0.2, 0.25) is 0 Å². The number of hydrogen-bond donors (Lipinski definition) is 1. The molecule has 0 bridgehead atoms. The topological polar surface area (TPSA) is 86.4 Å². The molecule has 0 aliphatic carbocycles. The fourth-order valence-electron chi connectivity index (χ4n) is 5.97. The van der Waals surface area contributed by atoms with Gasteiger partial charge in [-0.3, -0.25) is 0 Å². The lowest BCUT2D eigenvalue weighted by Gasteiger charge is -2.22. The molecule has 0 aliphatic heterocycles. The van der Waals surface area contributed by atoms with Gasteiger partial charge in [-0.15, -0.1) is 0 Å². The van der Waals surface area contributed by atoms with Gasteiger partial charge >= 0.3 is 11.3 Å². The lowest BCUT2D eigenvalue weighted by atomic mass is 9.85. The van der Waals surface area contributed by atoms with Crippen LogP contribution in [0.1, 0.15) is 74.6 Å². The highest BCUT2D eigenvalue weighted by atomic mass is 79.9. The molecule has 8 heteroatoms. The number of anilines is 1. The van der Waals surface area contributed by atoms with E-state index in [2.05, 4.69) is 107 Å². The predicted molar refractivity (Wildman–Crippen MR) is 179 cm³/mol. The number of hydrogen-bond acceptors (Lipinski definition) is 5. The molecular weight excluding hydrogens is 714 g/mol. The Kier molecular flexibility index (Phi) is 7.11. The normalized spacial score (nSPS) is 13.1. The molecule has 210 valence electrons. The molecular formula is C33H28Br3NO4. The van der Waals surface area contributed by atoms with Crippen molar-refractivity contribution in [1.82, 2.24) is 0 Å². The van der Waals surface area contributed by atoms with Crippen molar-refractivity contribution in [2.24, 2.45) is 0 Å². The van der Waals surface area contributed by atoms with E-state index < -0.39 is 11.3 Å². The van der Waals surface area contributed by atoms with Gasteiger partial charge in [0.25, 0.3) is 0 Å². The number of fused-ring (bicyclic) bond motifs is 2. The van der Waals surface area contributed by atoms with Crippen molar-refractivity contribution in [3.05, 3.63) is 92.9 Å². The monoisotopic (exact) mass is 739 g/mol. The molecule has 5 nitrogen and oxygen atoms in total. The van der Waals surface area contributed by atoms with Gasteiger partial charge in [-0.1, -0.05) is 78.6 Å². The van der Waals surface area contributed by atoms with Gasteiger partial charge in [0.05, 0.1) is 15.2 Å². The molecule has 1 atom stereocenters. The number of nitrogens with two attached hydrogens (primary N) is 1. The van der Waals surface area contributed by atoms with E-state index in [0.29, 0.717) is 49.0 Å². The molecule has 1 unspecified atom stereocenters. The van der Waals surface area contributed by atoms with Gasteiger partial charge in [0.1, 0.15) is 11.2 Å². The first-order valence-electron chi connectivity index (χ1n) is 13.6. The molecule has 0 fully saturated rings. The van der Waals surface area contributed by atoms with E-state index in [4.69, 9.17) is 14.6 Å². The molecule has 0 amide bonds. The molecule has 2 N–H and O–H groups in total. The molecule has 0 aliphatic rings. The fraction of sp³-hybridized carbons (Fsp3) is 0.273. The van der Waals surface area contributed by atoms with E-state index in [1.165, 1.54) is 16.7 Å². The van der Waals surface area contributed by atoms with Crippen molar-refractivity contribution in [3.63, 3.8) is 0 Å². The van der Waals surface area contributed by atoms with Crippen molar-refractivity contribution >= 4 is 97.0 Å². The Balaban J connectivity index is 1.55. The van der Waals surface area contributed by atoms with Crippen LogP contribution in [-0.2, 0) is 6.42 Å². The van der Waals surface area contributed by atoms with Gasteiger partial charge in [-0.05, 0) is 86.6 Å². The van der Waals surface area contributed by atoms with Gasteiger partial charge in [-0.2, -0.15) is 0 Å². The second kappa shape index (κ2) is 10.2. The first-order chi connectivity index (χ1) is 19.4. The molecule has 2 heterocycles. The second-order valence-corrected chi connectivity index (χ2v) is 14.1. The van der Waals surface area contributed by atoms with Gasteiger partial charge in [-0.25, -0.2) is 9.59 Å². The number of nitrogen functional groups attached to an aromatic ring is 1. The molecule has 6 rings (SSSR count). The Morgan fingerprint density at radius 2 is 1.24 bits per heavy atom. The average molecular weight is 742 g/mol. The van der Waals surface area contributed by atoms with E-state index >= 15 is 0 Å². The third kappa shape index (κ3) is 4.54. The van der Waals surface area contributed by atoms with E-state index in [0.717, 1.165) is 37.4 Å². The minimum atomic E-state index is -0.664. The fourth-order valence-corrected chi connectivity index (χ4v) is 7.63. The van der Waals surface area contributed by atoms with Crippen LogP contribution in [-0.4, -0.2) is 0 Å². The van der Waals surface area contributed by atoms with Crippen molar-refractivity contribution in [1.29, 1.82) is 0 Å². The largest absolute Gasteiger partial charge is 0.455 e. The van der Waals surface area contributed by atoms with Crippen LogP contribution in [0.25, 0.3) is 43.5 Å². The third-order valence-corrected chi connectivity index (χ3v) is 10.1. The van der Waals surface area contributed by atoms with Crippen LogP contribution in [0.5, 0.6) is 0 Å². The molecule has 0 spiro atoms. The summed E-state index contributed by atoms with van der Waals surface area (Å²) in [6, 6.07) is 12.1. The summed E-state index contributed by atoms with van der Waals surface area (Å²) in [4.78, 5) is 25.2. The second-order valence-electron chi connectivity index (χ2n) is 11.5. The van der Waals surface area contributed by atoms with Crippen molar-refractivity contribution in [2.45, 2.75) is 58.8 Å². The Morgan fingerprint density at radius 1 is 0.683 bits per heavy atom. The molecule has 0 saturated carbocycles. The van der Waals surface area contributed by atoms with Gasteiger partial charge in [0.2, 0.25) is 0 Å². The van der Waals surface area contributed by atoms with Crippen LogP contribution < -0.4 is 17.0 Å². The molecule has 41 heavy (non-hydrogen) atoms. The van der Waals surface area contributed by atoms with E-state index in [9.17, 15) is 9.59 Å². The minimum Gasteiger partial charge on any atom is -0.455 e. The maximum Gasteiger partial charge on any atom is 0.346 e. The summed E-state index contributed by atoms with van der Waals surface area (Å²) < 4.78 is 13.8. The van der Waals surface area contributed by atoms with E-state index in [-0.39, 0.29) is 5.92 Å². The molecule has 0 radical (unpaired) electrons. The lowest BCUT2D eigenvalue weighted by Crippen LogP contribution is -2.12. The smallest absolute Gasteiger partial charge is 0.346 e. The number of rotatable bonds is 5. The molecule has 2 aromatic heterocycles. The highest BCUT2D eigenvalue weighted by molar-refractivity contribution is 9.11. The highest BCUT2D eigenvalue weighted by Gasteiger charge is 2.23. The molecule has 0 saturated heterocycles. The summed E-state index contributed by atoms with van der Waals surface area (Å²) in [6.45, 7) is 11.0. The number of halogens is 3. The van der Waals surface area contributed by atoms with Crippen LogP contribution in [0, 0.1) is 0 Å². The van der Waals surface area contributed by atoms with Crippen molar-refractivity contribution < 1.29 is 8.83 Å². The van der Waals surface area contributed by atoms with Gasteiger partial charge in [0.15, 0.2) is 0 Å². The van der Waals surface area contributed by atoms with E-state index in [1.807, 2.05) is 0 Å². The van der Waals surface area contributed by atoms with Crippen LogP contribution in [0.15, 0.2) is 68.2 Å². The third-order valence-electron chi connectivity index (χ3n) is 8.12. The Labute approximate surface area is 261 Å². The summed E-state index contributed by atoms with van der Waals surface area (Å²) in [5.74, 6) is 0.904. The summed E-state index contributed by atoms with van der Waals surface area (Å²) in [7, 11) is 0. The maximum atomic E-state index is 12.6. The average Bonchev–Trinajstić information content (AvgIpc) is 2.90. The SMILES string of the molecule is CC(C)c1cc(C(C)Cc2cc3oc4c(Br)cc5c(=O)oc(=O)c6cc(Br)c(c3cc2Br)c4c56)cc(C(C)C)c1N. The van der Waals surface area contributed by atoms with Crippen LogP contribution in [0.4, 0.5) is 5.69 Å². The summed E-state index contributed by atoms with van der Waals surface area (Å²) >= 11 is 11.1. The molecule has 6 aromatic rings. The molecule has 4 aromatic carbocycles. The maximum absolute atomic E-state index is 12.6. The minimum absolute atomic E-state index is 0.234. The van der Waals surface area contributed by atoms with Crippen molar-refractivity contribution in [2.75, 3.05) is 5.73 Å². The predicted octanol–water partition coefficient (Wildman–Crippen LogP) is 10.1. The van der Waals surface area contributed by atoms with Gasteiger partial charge in [0, 0.05) is 36.2 Å². The summed E-state index contributed by atoms with van der Waals surface area (Å²) in [6.07, 6.45) is 0.791. The Bertz CT molecular complexity index is 2080.